The van der Waals surface area contributed by atoms with Gasteiger partial charge in [0.15, 0.2) is 6.10 Å². The van der Waals surface area contributed by atoms with Gasteiger partial charge in [-0.25, -0.2) is 4.39 Å². The molecular formula is C24H27FN2O3. The predicted octanol–water partition coefficient (Wildman–Crippen LogP) is 4.55. The number of ether oxygens (including phenoxy) is 1. The largest absolute Gasteiger partial charge is 0.496 e. The molecule has 1 amide bonds. The van der Waals surface area contributed by atoms with Crippen molar-refractivity contribution in [3.63, 3.8) is 0 Å². The number of amides is 1. The molecule has 1 aliphatic carbocycles. The maximum atomic E-state index is 13.7. The van der Waals surface area contributed by atoms with Crippen LogP contribution in [0.3, 0.4) is 0 Å². The number of hydrogen-bond donors (Lipinski definition) is 0. The van der Waals surface area contributed by atoms with Crippen molar-refractivity contribution in [3.8, 4) is 5.75 Å². The molecule has 2 aromatic rings. The molecule has 1 fully saturated rings. The number of methoxy groups -OCH3 is 1. The highest BCUT2D eigenvalue weighted by Gasteiger charge is 2.32. The smallest absolute Gasteiger partial charge is 0.226 e. The number of halogens is 1. The molecule has 2 aromatic carbocycles. The van der Waals surface area contributed by atoms with Crippen molar-refractivity contribution in [2.75, 3.05) is 13.7 Å². The van der Waals surface area contributed by atoms with Crippen LogP contribution in [0.1, 0.15) is 43.2 Å². The highest BCUT2D eigenvalue weighted by Crippen LogP contribution is 2.29. The molecule has 0 saturated heterocycles. The minimum Gasteiger partial charge on any atom is -0.496 e. The Balaban J connectivity index is 1.47. The third kappa shape index (κ3) is 4.64. The second-order valence-electron chi connectivity index (χ2n) is 8.00. The Morgan fingerprint density at radius 1 is 1.20 bits per heavy atom. The molecule has 5 nitrogen and oxygen atoms in total. The van der Waals surface area contributed by atoms with E-state index < -0.39 is 0 Å². The van der Waals surface area contributed by atoms with Gasteiger partial charge in [-0.05, 0) is 42.7 Å². The van der Waals surface area contributed by atoms with Crippen LogP contribution < -0.4 is 4.74 Å². The fraction of sp³-hybridized carbons (Fsp3) is 0.417. The van der Waals surface area contributed by atoms with Crippen LogP contribution in [-0.2, 0) is 16.2 Å². The average Bonchev–Trinajstić information content (AvgIpc) is 3.45. The van der Waals surface area contributed by atoms with Crippen molar-refractivity contribution >= 4 is 11.6 Å². The quantitative estimate of drug-likeness (QED) is 0.673. The summed E-state index contributed by atoms with van der Waals surface area (Å²) in [6.07, 6.45) is 4.39. The fourth-order valence-corrected chi connectivity index (χ4v) is 4.33. The maximum Gasteiger partial charge on any atom is 0.226 e. The van der Waals surface area contributed by atoms with Gasteiger partial charge in [0, 0.05) is 24.4 Å². The zero-order chi connectivity index (χ0) is 20.9. The number of benzene rings is 2. The van der Waals surface area contributed by atoms with Gasteiger partial charge < -0.3 is 14.5 Å². The third-order valence-corrected chi connectivity index (χ3v) is 5.85. The van der Waals surface area contributed by atoms with E-state index in [4.69, 9.17) is 9.57 Å². The molecule has 1 heterocycles. The van der Waals surface area contributed by atoms with E-state index in [1.54, 1.807) is 13.2 Å². The van der Waals surface area contributed by atoms with Gasteiger partial charge in [-0.1, -0.05) is 42.3 Å². The average molecular weight is 410 g/mol. The first kappa shape index (κ1) is 20.4. The number of nitrogens with zero attached hydrogens (tertiary/aromatic N) is 2. The van der Waals surface area contributed by atoms with Gasteiger partial charge in [-0.2, -0.15) is 0 Å². The lowest BCUT2D eigenvalue weighted by Crippen LogP contribution is -2.40. The SMILES string of the molecule is COc1ccccc1C1=NOC(CN(Cc2cccc(F)c2)C(=O)C2CCCC2)C1. The summed E-state index contributed by atoms with van der Waals surface area (Å²) < 4.78 is 19.1. The summed E-state index contributed by atoms with van der Waals surface area (Å²) in [4.78, 5) is 20.7. The van der Waals surface area contributed by atoms with Crippen LogP contribution in [0.4, 0.5) is 4.39 Å². The van der Waals surface area contributed by atoms with Gasteiger partial charge in [-0.15, -0.1) is 0 Å². The highest BCUT2D eigenvalue weighted by molar-refractivity contribution is 6.03. The number of oxime groups is 1. The maximum absolute atomic E-state index is 13.7. The second-order valence-corrected chi connectivity index (χ2v) is 8.00. The number of hydrogen-bond acceptors (Lipinski definition) is 4. The number of carbonyl (C=O) groups excluding carboxylic acids is 1. The molecule has 1 aliphatic heterocycles. The van der Waals surface area contributed by atoms with Crippen LogP contribution in [0.15, 0.2) is 53.7 Å². The summed E-state index contributed by atoms with van der Waals surface area (Å²) in [6.45, 7) is 0.797. The molecule has 2 aliphatic rings. The van der Waals surface area contributed by atoms with Crippen LogP contribution in [0.25, 0.3) is 0 Å². The predicted molar refractivity (Wildman–Crippen MR) is 113 cm³/mol. The Bertz CT molecular complexity index is 924. The fourth-order valence-electron chi connectivity index (χ4n) is 4.33. The standard InChI is InChI=1S/C24H27FN2O3/c1-29-23-12-5-4-11-21(23)22-14-20(30-26-22)16-27(24(28)18-8-2-3-9-18)15-17-7-6-10-19(25)13-17/h4-7,10-13,18,20H,2-3,8-9,14-16H2,1H3. The third-order valence-electron chi connectivity index (χ3n) is 5.85. The van der Waals surface area contributed by atoms with E-state index in [1.165, 1.54) is 12.1 Å². The molecule has 0 spiro atoms. The van der Waals surface area contributed by atoms with E-state index in [-0.39, 0.29) is 23.7 Å². The van der Waals surface area contributed by atoms with Crippen molar-refractivity contribution in [2.24, 2.45) is 11.1 Å². The number of para-hydroxylation sites is 1. The van der Waals surface area contributed by atoms with E-state index in [0.717, 1.165) is 48.3 Å². The molecule has 0 N–H and O–H groups in total. The summed E-state index contributed by atoms with van der Waals surface area (Å²) in [5, 5.41) is 4.27. The van der Waals surface area contributed by atoms with Crippen LogP contribution in [0, 0.1) is 11.7 Å². The van der Waals surface area contributed by atoms with Crippen molar-refractivity contribution in [1.82, 2.24) is 4.90 Å². The molecule has 4 rings (SSSR count). The van der Waals surface area contributed by atoms with Gasteiger partial charge in [0.2, 0.25) is 5.91 Å². The topological polar surface area (TPSA) is 51.1 Å². The second kappa shape index (κ2) is 9.28. The van der Waals surface area contributed by atoms with Crippen LogP contribution in [-0.4, -0.2) is 36.3 Å². The van der Waals surface area contributed by atoms with E-state index >= 15 is 0 Å². The van der Waals surface area contributed by atoms with E-state index in [1.807, 2.05) is 35.2 Å². The lowest BCUT2D eigenvalue weighted by molar-refractivity contribution is -0.137. The molecule has 1 saturated carbocycles. The van der Waals surface area contributed by atoms with Crippen molar-refractivity contribution in [3.05, 3.63) is 65.5 Å². The van der Waals surface area contributed by atoms with Crippen LogP contribution in [0.2, 0.25) is 0 Å². The molecule has 0 aromatic heterocycles. The first-order valence-corrected chi connectivity index (χ1v) is 10.5. The zero-order valence-corrected chi connectivity index (χ0v) is 17.2. The number of carbonyl (C=O) groups is 1. The lowest BCUT2D eigenvalue weighted by atomic mass is 10.0. The Labute approximate surface area is 176 Å². The molecule has 6 heteroatoms. The van der Waals surface area contributed by atoms with Crippen molar-refractivity contribution in [1.29, 1.82) is 0 Å². The van der Waals surface area contributed by atoms with Gasteiger partial charge in [0.1, 0.15) is 11.6 Å². The van der Waals surface area contributed by atoms with Gasteiger partial charge in [0.25, 0.3) is 0 Å². The van der Waals surface area contributed by atoms with E-state index in [0.29, 0.717) is 19.5 Å². The summed E-state index contributed by atoms with van der Waals surface area (Å²) >= 11 is 0. The summed E-state index contributed by atoms with van der Waals surface area (Å²) in [7, 11) is 1.63. The molecule has 1 unspecified atom stereocenters. The lowest BCUT2D eigenvalue weighted by Gasteiger charge is -2.27. The van der Waals surface area contributed by atoms with Crippen molar-refractivity contribution in [2.45, 2.75) is 44.8 Å². The van der Waals surface area contributed by atoms with Crippen LogP contribution in [0.5, 0.6) is 5.75 Å². The molecular weight excluding hydrogens is 383 g/mol. The Kier molecular flexibility index (Phi) is 6.31. The van der Waals surface area contributed by atoms with Gasteiger partial charge in [-0.3, -0.25) is 4.79 Å². The molecule has 158 valence electrons. The van der Waals surface area contributed by atoms with Gasteiger partial charge >= 0.3 is 0 Å². The normalized spacial score (nSPS) is 18.7. The highest BCUT2D eigenvalue weighted by atomic mass is 19.1. The Morgan fingerprint density at radius 2 is 2.00 bits per heavy atom. The first-order valence-electron chi connectivity index (χ1n) is 10.5. The van der Waals surface area contributed by atoms with Crippen molar-refractivity contribution < 1.29 is 18.8 Å². The molecule has 30 heavy (non-hydrogen) atoms. The monoisotopic (exact) mass is 410 g/mol. The number of rotatable bonds is 7. The Morgan fingerprint density at radius 3 is 2.77 bits per heavy atom. The zero-order valence-electron chi connectivity index (χ0n) is 17.2. The van der Waals surface area contributed by atoms with E-state index in [2.05, 4.69) is 5.16 Å². The molecule has 1 atom stereocenters. The molecule has 0 radical (unpaired) electrons. The van der Waals surface area contributed by atoms with Gasteiger partial charge in [0.05, 0.1) is 19.4 Å². The van der Waals surface area contributed by atoms with Crippen LogP contribution >= 0.6 is 0 Å². The minimum absolute atomic E-state index is 0.0505. The summed E-state index contributed by atoms with van der Waals surface area (Å²) in [5.41, 5.74) is 2.50. The minimum atomic E-state index is -0.292. The summed E-state index contributed by atoms with van der Waals surface area (Å²) in [6, 6.07) is 14.1. The first-order chi connectivity index (χ1) is 14.6. The Hall–Kier alpha value is -2.89. The summed E-state index contributed by atoms with van der Waals surface area (Å²) in [5.74, 6) is 0.638. The molecule has 0 bridgehead atoms. The van der Waals surface area contributed by atoms with E-state index in [9.17, 15) is 9.18 Å².